The first-order chi connectivity index (χ1) is 11.0. The quantitative estimate of drug-likeness (QED) is 0.835. The van der Waals surface area contributed by atoms with Gasteiger partial charge in [-0.3, -0.25) is 4.98 Å². The van der Waals surface area contributed by atoms with E-state index in [1.165, 1.54) is 0 Å². The number of hydrogen-bond donors (Lipinski definition) is 1. The zero-order valence-corrected chi connectivity index (χ0v) is 11.4. The molecule has 1 N–H and O–H groups in total. The maximum atomic E-state index is 13.2. The van der Waals surface area contributed by atoms with Gasteiger partial charge in [0, 0.05) is 11.8 Å². The van der Waals surface area contributed by atoms with Gasteiger partial charge in [0.1, 0.15) is 5.75 Å². The van der Waals surface area contributed by atoms with Crippen LogP contribution in [0.15, 0.2) is 36.5 Å². The fraction of sp³-hybridized carbons (Fsp3) is 0.143. The molecule has 1 heterocycles. The number of carbonyl (C=O) groups is 1. The van der Waals surface area contributed by atoms with Gasteiger partial charge in [-0.15, -0.1) is 13.2 Å². The van der Waals surface area contributed by atoms with Crippen molar-refractivity contribution in [2.45, 2.75) is 12.5 Å². The normalized spacial score (nSPS) is 12.1. The lowest BCUT2D eigenvalue weighted by Gasteiger charge is -2.15. The molecular formula is C14H7F6NO3. The number of nitrogens with zero attached hydrogens (tertiary/aromatic N) is 1. The monoisotopic (exact) mass is 351 g/mol. The maximum Gasteiger partial charge on any atom is 0.573 e. The molecule has 128 valence electrons. The van der Waals surface area contributed by atoms with Crippen molar-refractivity contribution in [1.82, 2.24) is 4.98 Å². The van der Waals surface area contributed by atoms with Crippen LogP contribution in [0.4, 0.5) is 26.3 Å². The standard InChI is InChI=1S/C14H7F6NO3/c15-13(16,17)10-9(12(22)23)5-6-21-11(10)7-1-3-8(4-2-7)24-14(18,19)20/h1-6H,(H,22,23). The van der Waals surface area contributed by atoms with E-state index in [1.54, 1.807) is 0 Å². The van der Waals surface area contributed by atoms with Crippen LogP contribution in [0.2, 0.25) is 0 Å². The molecule has 0 saturated carbocycles. The number of halogens is 6. The number of aromatic carboxylic acids is 1. The van der Waals surface area contributed by atoms with E-state index in [2.05, 4.69) is 9.72 Å². The summed E-state index contributed by atoms with van der Waals surface area (Å²) in [5.41, 5.74) is -3.41. The molecule has 0 aliphatic carbocycles. The number of benzene rings is 1. The molecule has 1 aromatic carbocycles. The molecule has 0 unspecified atom stereocenters. The molecule has 0 aliphatic rings. The summed E-state index contributed by atoms with van der Waals surface area (Å²) in [6.07, 6.45) is -9.09. The molecule has 0 saturated heterocycles. The highest BCUT2D eigenvalue weighted by Crippen LogP contribution is 2.38. The fourth-order valence-corrected chi connectivity index (χ4v) is 1.96. The molecule has 0 amide bonds. The van der Waals surface area contributed by atoms with Crippen molar-refractivity contribution in [2.75, 3.05) is 0 Å². The van der Waals surface area contributed by atoms with Crippen LogP contribution in [-0.4, -0.2) is 22.4 Å². The fourth-order valence-electron chi connectivity index (χ4n) is 1.96. The second-order valence-electron chi connectivity index (χ2n) is 4.46. The highest BCUT2D eigenvalue weighted by Gasteiger charge is 2.39. The minimum atomic E-state index is -5.02. The van der Waals surface area contributed by atoms with E-state index in [1.807, 2.05) is 0 Å². The summed E-state index contributed by atoms with van der Waals surface area (Å²) in [7, 11) is 0. The van der Waals surface area contributed by atoms with Crippen molar-refractivity contribution >= 4 is 5.97 Å². The van der Waals surface area contributed by atoms with Gasteiger partial charge in [-0.25, -0.2) is 4.79 Å². The topological polar surface area (TPSA) is 59.4 Å². The first-order valence-corrected chi connectivity index (χ1v) is 6.15. The molecule has 0 spiro atoms. The third-order valence-corrected chi connectivity index (χ3v) is 2.83. The maximum absolute atomic E-state index is 13.2. The molecule has 10 heteroatoms. The first-order valence-electron chi connectivity index (χ1n) is 6.15. The van der Waals surface area contributed by atoms with Crippen LogP contribution >= 0.6 is 0 Å². The third kappa shape index (κ3) is 3.94. The SMILES string of the molecule is O=C(O)c1ccnc(-c2ccc(OC(F)(F)F)cc2)c1C(F)(F)F. The molecule has 0 fully saturated rings. The Hall–Kier alpha value is -2.78. The van der Waals surface area contributed by atoms with E-state index in [9.17, 15) is 31.1 Å². The number of hydrogen-bond acceptors (Lipinski definition) is 3. The summed E-state index contributed by atoms with van der Waals surface area (Å²) in [5.74, 6) is -2.43. The Morgan fingerprint density at radius 2 is 1.58 bits per heavy atom. The van der Waals surface area contributed by atoms with E-state index in [-0.39, 0.29) is 5.56 Å². The van der Waals surface area contributed by atoms with Gasteiger partial charge < -0.3 is 9.84 Å². The molecule has 4 nitrogen and oxygen atoms in total. The molecule has 24 heavy (non-hydrogen) atoms. The zero-order valence-electron chi connectivity index (χ0n) is 11.4. The molecular weight excluding hydrogens is 344 g/mol. The Morgan fingerprint density at radius 3 is 2.04 bits per heavy atom. The summed E-state index contributed by atoms with van der Waals surface area (Å²) in [5, 5.41) is 8.90. The van der Waals surface area contributed by atoms with Gasteiger partial charge in [-0.2, -0.15) is 13.2 Å². The van der Waals surface area contributed by atoms with E-state index < -0.39 is 41.1 Å². The van der Waals surface area contributed by atoms with Crippen LogP contribution in [0.25, 0.3) is 11.3 Å². The minimum Gasteiger partial charge on any atom is -0.478 e. The number of ether oxygens (including phenoxy) is 1. The van der Waals surface area contributed by atoms with E-state index >= 15 is 0 Å². The Kier molecular flexibility index (Phi) is 4.41. The van der Waals surface area contributed by atoms with E-state index in [0.717, 1.165) is 30.5 Å². The Morgan fingerprint density at radius 1 is 1.00 bits per heavy atom. The first kappa shape index (κ1) is 17.6. The Balaban J connectivity index is 2.53. The van der Waals surface area contributed by atoms with Gasteiger partial charge in [0.2, 0.25) is 0 Å². The van der Waals surface area contributed by atoms with Gasteiger partial charge in [0.15, 0.2) is 0 Å². The number of alkyl halides is 6. The lowest BCUT2D eigenvalue weighted by atomic mass is 10.0. The van der Waals surface area contributed by atoms with Gasteiger partial charge in [-0.1, -0.05) is 0 Å². The average Bonchev–Trinajstić information content (AvgIpc) is 2.44. The molecule has 1 aromatic heterocycles. The predicted octanol–water partition coefficient (Wildman–Crippen LogP) is 4.36. The average molecular weight is 351 g/mol. The summed E-state index contributed by atoms with van der Waals surface area (Å²) >= 11 is 0. The summed E-state index contributed by atoms with van der Waals surface area (Å²) < 4.78 is 79.4. The molecule has 0 radical (unpaired) electrons. The summed E-state index contributed by atoms with van der Waals surface area (Å²) in [4.78, 5) is 14.5. The van der Waals surface area contributed by atoms with Crippen LogP contribution in [0.1, 0.15) is 15.9 Å². The number of carboxylic acids is 1. The van der Waals surface area contributed by atoms with Gasteiger partial charge in [0.25, 0.3) is 0 Å². The Labute approximate surface area is 130 Å². The van der Waals surface area contributed by atoms with E-state index in [0.29, 0.717) is 6.07 Å². The smallest absolute Gasteiger partial charge is 0.478 e. The van der Waals surface area contributed by atoms with E-state index in [4.69, 9.17) is 5.11 Å². The molecule has 0 bridgehead atoms. The van der Waals surface area contributed by atoms with Crippen LogP contribution in [0.5, 0.6) is 5.75 Å². The van der Waals surface area contributed by atoms with Crippen molar-refractivity contribution in [3.63, 3.8) is 0 Å². The van der Waals surface area contributed by atoms with Gasteiger partial charge in [0.05, 0.1) is 16.8 Å². The van der Waals surface area contributed by atoms with Crippen LogP contribution in [-0.2, 0) is 6.18 Å². The highest BCUT2D eigenvalue weighted by atomic mass is 19.4. The van der Waals surface area contributed by atoms with Gasteiger partial charge >= 0.3 is 18.5 Å². The summed E-state index contributed by atoms with van der Waals surface area (Å²) in [6, 6.07) is 4.14. The van der Waals surface area contributed by atoms with Crippen LogP contribution in [0.3, 0.4) is 0 Å². The number of rotatable bonds is 3. The molecule has 0 aliphatic heterocycles. The second kappa shape index (κ2) is 6.02. The zero-order chi connectivity index (χ0) is 18.1. The third-order valence-electron chi connectivity index (χ3n) is 2.83. The lowest BCUT2D eigenvalue weighted by Crippen LogP contribution is -2.17. The number of aromatic nitrogens is 1. The molecule has 0 atom stereocenters. The molecule has 2 aromatic rings. The van der Waals surface area contributed by atoms with Crippen molar-refractivity contribution < 1.29 is 41.0 Å². The highest BCUT2D eigenvalue weighted by molar-refractivity contribution is 5.91. The Bertz CT molecular complexity index is 753. The van der Waals surface area contributed by atoms with Crippen molar-refractivity contribution in [2.24, 2.45) is 0 Å². The predicted molar refractivity (Wildman–Crippen MR) is 68.3 cm³/mol. The number of carboxylic acid groups (broad SMARTS) is 1. The van der Waals surface area contributed by atoms with Crippen LogP contribution in [0, 0.1) is 0 Å². The summed E-state index contributed by atoms with van der Waals surface area (Å²) in [6.45, 7) is 0. The van der Waals surface area contributed by atoms with Gasteiger partial charge in [-0.05, 0) is 30.3 Å². The van der Waals surface area contributed by atoms with Crippen molar-refractivity contribution in [1.29, 1.82) is 0 Å². The largest absolute Gasteiger partial charge is 0.573 e. The number of pyridine rings is 1. The lowest BCUT2D eigenvalue weighted by molar-refractivity contribution is -0.274. The second-order valence-corrected chi connectivity index (χ2v) is 4.46. The van der Waals surface area contributed by atoms with Crippen molar-refractivity contribution in [3.8, 4) is 17.0 Å². The minimum absolute atomic E-state index is 0.208. The molecule has 2 rings (SSSR count). The van der Waals surface area contributed by atoms with Crippen LogP contribution < -0.4 is 4.74 Å². The van der Waals surface area contributed by atoms with Crippen molar-refractivity contribution in [3.05, 3.63) is 47.7 Å².